The summed E-state index contributed by atoms with van der Waals surface area (Å²) in [6.07, 6.45) is 1.12. The van der Waals surface area contributed by atoms with Gasteiger partial charge in [-0.3, -0.25) is 4.79 Å². The van der Waals surface area contributed by atoms with E-state index < -0.39 is 6.10 Å². The number of methoxy groups -OCH3 is 2. The molecule has 1 amide bonds. The van der Waals surface area contributed by atoms with Crippen molar-refractivity contribution in [1.82, 2.24) is 5.32 Å². The van der Waals surface area contributed by atoms with Crippen molar-refractivity contribution in [3.8, 4) is 11.5 Å². The van der Waals surface area contributed by atoms with Crippen molar-refractivity contribution in [2.45, 2.75) is 18.9 Å². The molecule has 0 aromatic heterocycles. The molecule has 0 radical (unpaired) electrons. The molecule has 5 nitrogen and oxygen atoms in total. The number of aliphatic hydroxyl groups is 1. The molecule has 0 aliphatic heterocycles. The van der Waals surface area contributed by atoms with Gasteiger partial charge in [-0.1, -0.05) is 0 Å². The second-order valence-electron chi connectivity index (χ2n) is 4.64. The number of hydrogen-bond acceptors (Lipinski definition) is 4. The van der Waals surface area contributed by atoms with Crippen LogP contribution in [0.2, 0.25) is 0 Å². The van der Waals surface area contributed by atoms with Crippen LogP contribution in [0.5, 0.6) is 11.5 Å². The quantitative estimate of drug-likeness (QED) is 0.812. The molecule has 1 aliphatic carbocycles. The Hall–Kier alpha value is -1.75. The topological polar surface area (TPSA) is 67.8 Å². The highest BCUT2D eigenvalue weighted by Crippen LogP contribution is 2.30. The number of benzene rings is 1. The number of aliphatic hydroxyl groups excluding tert-OH is 1. The SMILES string of the molecule is COc1ccc(C(O)CNC(=O)C2CC2)c(OC)c1. The van der Waals surface area contributed by atoms with Crippen molar-refractivity contribution in [3.63, 3.8) is 0 Å². The van der Waals surface area contributed by atoms with Crippen LogP contribution in [-0.2, 0) is 4.79 Å². The number of carbonyl (C=O) groups is 1. The van der Waals surface area contributed by atoms with Gasteiger partial charge in [0.1, 0.15) is 11.5 Å². The molecule has 1 fully saturated rings. The monoisotopic (exact) mass is 265 g/mol. The first-order valence-corrected chi connectivity index (χ1v) is 6.33. The number of amides is 1. The molecule has 0 spiro atoms. The molecular formula is C14H19NO4. The molecule has 19 heavy (non-hydrogen) atoms. The molecule has 2 rings (SSSR count). The molecule has 1 atom stereocenters. The fourth-order valence-corrected chi connectivity index (χ4v) is 1.89. The molecule has 1 saturated carbocycles. The third-order valence-corrected chi connectivity index (χ3v) is 3.22. The second kappa shape index (κ2) is 5.93. The second-order valence-corrected chi connectivity index (χ2v) is 4.64. The van der Waals surface area contributed by atoms with Gasteiger partial charge in [0.05, 0.1) is 20.3 Å². The summed E-state index contributed by atoms with van der Waals surface area (Å²) >= 11 is 0. The van der Waals surface area contributed by atoms with Crippen molar-refractivity contribution >= 4 is 5.91 Å². The normalized spacial score (nSPS) is 15.7. The number of ether oxygens (including phenoxy) is 2. The number of hydrogen-bond donors (Lipinski definition) is 2. The zero-order valence-corrected chi connectivity index (χ0v) is 11.2. The lowest BCUT2D eigenvalue weighted by molar-refractivity contribution is -0.122. The predicted octanol–water partition coefficient (Wildman–Crippen LogP) is 1.26. The van der Waals surface area contributed by atoms with Crippen LogP contribution in [0.3, 0.4) is 0 Å². The lowest BCUT2D eigenvalue weighted by Crippen LogP contribution is -2.29. The minimum atomic E-state index is -0.788. The minimum absolute atomic E-state index is 0.0199. The van der Waals surface area contributed by atoms with E-state index in [1.165, 1.54) is 7.11 Å². The van der Waals surface area contributed by atoms with Crippen LogP contribution < -0.4 is 14.8 Å². The summed E-state index contributed by atoms with van der Waals surface area (Å²) < 4.78 is 10.3. The molecule has 0 heterocycles. The van der Waals surface area contributed by atoms with Gasteiger partial charge < -0.3 is 19.9 Å². The maximum Gasteiger partial charge on any atom is 0.223 e. The van der Waals surface area contributed by atoms with Gasteiger partial charge in [0.25, 0.3) is 0 Å². The Morgan fingerprint density at radius 1 is 1.42 bits per heavy atom. The first kappa shape index (κ1) is 13.7. The van der Waals surface area contributed by atoms with Gasteiger partial charge >= 0.3 is 0 Å². The van der Waals surface area contributed by atoms with Gasteiger partial charge in [-0.05, 0) is 25.0 Å². The van der Waals surface area contributed by atoms with Crippen LogP contribution in [0.4, 0.5) is 0 Å². The van der Waals surface area contributed by atoms with E-state index in [0.717, 1.165) is 12.8 Å². The molecule has 0 bridgehead atoms. The predicted molar refractivity (Wildman–Crippen MR) is 70.2 cm³/mol. The molecule has 5 heteroatoms. The largest absolute Gasteiger partial charge is 0.497 e. The third kappa shape index (κ3) is 3.38. The molecule has 1 unspecified atom stereocenters. The minimum Gasteiger partial charge on any atom is -0.497 e. The van der Waals surface area contributed by atoms with E-state index in [1.54, 1.807) is 25.3 Å². The van der Waals surface area contributed by atoms with Crippen molar-refractivity contribution in [1.29, 1.82) is 0 Å². The lowest BCUT2D eigenvalue weighted by Gasteiger charge is -2.16. The Balaban J connectivity index is 2.00. The van der Waals surface area contributed by atoms with Crippen molar-refractivity contribution < 1.29 is 19.4 Å². The molecule has 0 saturated heterocycles. The summed E-state index contributed by atoms with van der Waals surface area (Å²) in [7, 11) is 3.11. The van der Waals surface area contributed by atoms with Crippen LogP contribution in [0.1, 0.15) is 24.5 Å². The van der Waals surface area contributed by atoms with Gasteiger partial charge in [-0.15, -0.1) is 0 Å². The molecule has 1 aromatic rings. The van der Waals surface area contributed by atoms with E-state index in [2.05, 4.69) is 5.32 Å². The van der Waals surface area contributed by atoms with Crippen molar-refractivity contribution in [3.05, 3.63) is 23.8 Å². The Morgan fingerprint density at radius 3 is 2.74 bits per heavy atom. The third-order valence-electron chi connectivity index (χ3n) is 3.22. The Kier molecular flexibility index (Phi) is 4.27. The van der Waals surface area contributed by atoms with Crippen molar-refractivity contribution in [2.24, 2.45) is 5.92 Å². The summed E-state index contributed by atoms with van der Waals surface area (Å²) in [5, 5.41) is 12.9. The fraction of sp³-hybridized carbons (Fsp3) is 0.500. The highest BCUT2D eigenvalue weighted by molar-refractivity contribution is 5.80. The molecule has 1 aromatic carbocycles. The zero-order valence-electron chi connectivity index (χ0n) is 11.2. The van der Waals surface area contributed by atoms with Crippen LogP contribution in [-0.4, -0.2) is 31.8 Å². The van der Waals surface area contributed by atoms with E-state index in [0.29, 0.717) is 17.1 Å². The van der Waals surface area contributed by atoms with E-state index in [-0.39, 0.29) is 18.4 Å². The molecule has 2 N–H and O–H groups in total. The molecule has 1 aliphatic rings. The van der Waals surface area contributed by atoms with E-state index in [9.17, 15) is 9.90 Å². The lowest BCUT2D eigenvalue weighted by atomic mass is 10.1. The first-order chi connectivity index (χ1) is 9.15. The number of carbonyl (C=O) groups excluding carboxylic acids is 1. The Labute approximate surface area is 112 Å². The maximum absolute atomic E-state index is 11.5. The van der Waals surface area contributed by atoms with Crippen LogP contribution in [0.25, 0.3) is 0 Å². The average molecular weight is 265 g/mol. The first-order valence-electron chi connectivity index (χ1n) is 6.33. The zero-order chi connectivity index (χ0) is 13.8. The van der Waals surface area contributed by atoms with Crippen LogP contribution in [0.15, 0.2) is 18.2 Å². The van der Waals surface area contributed by atoms with Gasteiger partial charge in [0.2, 0.25) is 5.91 Å². The van der Waals surface area contributed by atoms with Crippen molar-refractivity contribution in [2.75, 3.05) is 20.8 Å². The fourth-order valence-electron chi connectivity index (χ4n) is 1.89. The van der Waals surface area contributed by atoms with E-state index in [4.69, 9.17) is 9.47 Å². The average Bonchev–Trinajstić information content (AvgIpc) is 3.28. The Morgan fingerprint density at radius 2 is 2.16 bits per heavy atom. The van der Waals surface area contributed by atoms with E-state index >= 15 is 0 Å². The van der Waals surface area contributed by atoms with Gasteiger partial charge in [-0.25, -0.2) is 0 Å². The smallest absolute Gasteiger partial charge is 0.223 e. The number of rotatable bonds is 6. The van der Waals surface area contributed by atoms with Crippen LogP contribution in [0, 0.1) is 5.92 Å². The molecular weight excluding hydrogens is 246 g/mol. The summed E-state index contributed by atoms with van der Waals surface area (Å²) in [5.74, 6) is 1.37. The van der Waals surface area contributed by atoms with Gasteiger partial charge in [0, 0.05) is 24.1 Å². The van der Waals surface area contributed by atoms with Crippen LogP contribution >= 0.6 is 0 Å². The summed E-state index contributed by atoms with van der Waals surface area (Å²) in [6, 6.07) is 5.21. The Bertz CT molecular complexity index is 457. The summed E-state index contributed by atoms with van der Waals surface area (Å²) in [6.45, 7) is 0.192. The van der Waals surface area contributed by atoms with Gasteiger partial charge in [-0.2, -0.15) is 0 Å². The standard InChI is InChI=1S/C14H19NO4/c1-18-10-5-6-11(13(7-10)19-2)12(16)8-15-14(17)9-3-4-9/h5-7,9,12,16H,3-4,8H2,1-2H3,(H,15,17). The highest BCUT2D eigenvalue weighted by Gasteiger charge is 2.29. The summed E-state index contributed by atoms with van der Waals surface area (Å²) in [5.41, 5.74) is 0.638. The maximum atomic E-state index is 11.5. The molecule has 104 valence electrons. The summed E-state index contributed by atoms with van der Waals surface area (Å²) in [4.78, 5) is 11.5. The van der Waals surface area contributed by atoms with Gasteiger partial charge in [0.15, 0.2) is 0 Å². The highest BCUT2D eigenvalue weighted by atomic mass is 16.5. The van der Waals surface area contributed by atoms with E-state index in [1.807, 2.05) is 0 Å². The number of nitrogens with one attached hydrogen (secondary N) is 1.